The van der Waals surface area contributed by atoms with E-state index in [1.165, 1.54) is 31.0 Å². The van der Waals surface area contributed by atoms with E-state index in [1.54, 1.807) is 18.3 Å². The number of hydrogen-bond acceptors (Lipinski definition) is 7. The predicted octanol–water partition coefficient (Wildman–Crippen LogP) is 5.91. The van der Waals surface area contributed by atoms with Crippen molar-refractivity contribution in [2.24, 2.45) is 0 Å². The molecular formula is C27H20N4O4S. The van der Waals surface area contributed by atoms with Crippen LogP contribution in [0, 0.1) is 0 Å². The Balaban J connectivity index is 1.34. The third-order valence-electron chi connectivity index (χ3n) is 5.25. The van der Waals surface area contributed by atoms with Gasteiger partial charge in [-0.1, -0.05) is 30.0 Å². The molecule has 8 nitrogen and oxygen atoms in total. The van der Waals surface area contributed by atoms with Gasteiger partial charge in [-0.05, 0) is 60.7 Å². The molecule has 5 aromatic rings. The molecular weight excluding hydrogens is 476 g/mol. The number of H-pyrrole nitrogens is 1. The molecule has 0 atom stereocenters. The van der Waals surface area contributed by atoms with Gasteiger partial charge in [0.05, 0.1) is 29.6 Å². The number of esters is 1. The van der Waals surface area contributed by atoms with Gasteiger partial charge < -0.3 is 9.15 Å². The highest BCUT2D eigenvalue weighted by Gasteiger charge is 2.16. The first kappa shape index (κ1) is 23.1. The normalized spacial score (nSPS) is 11.1. The highest BCUT2D eigenvalue weighted by atomic mass is 32.2. The lowest BCUT2D eigenvalue weighted by Crippen LogP contribution is -2.12. The van der Waals surface area contributed by atoms with E-state index in [9.17, 15) is 9.59 Å². The molecule has 0 aliphatic rings. The lowest BCUT2D eigenvalue weighted by atomic mass is 10.2. The van der Waals surface area contributed by atoms with Crippen LogP contribution in [0.1, 0.15) is 32.3 Å². The Bertz CT molecular complexity index is 1570. The average molecular weight is 497 g/mol. The number of carbonyl (C=O) groups is 2. The van der Waals surface area contributed by atoms with Crippen LogP contribution in [0.2, 0.25) is 0 Å². The van der Waals surface area contributed by atoms with Crippen LogP contribution in [0.4, 0.5) is 5.88 Å². The van der Waals surface area contributed by atoms with E-state index in [2.05, 4.69) is 25.2 Å². The van der Waals surface area contributed by atoms with Gasteiger partial charge in [-0.3, -0.25) is 20.2 Å². The summed E-state index contributed by atoms with van der Waals surface area (Å²) in [7, 11) is 1.26. The standard InChI is InChI=1S/C27H20N4O4S/c1-34-27(33)23-13-14-25(35-23)29-26(32)20-7-2-3-8-24(20)36-18-10-11-19-21(30-31-22(19)16-18)12-9-17-6-4-5-15-28-17/h2-16H,1H3,(H,29,32)(H,30,31)/b12-9+. The predicted molar refractivity (Wildman–Crippen MR) is 138 cm³/mol. The minimum Gasteiger partial charge on any atom is -0.463 e. The second-order valence-corrected chi connectivity index (χ2v) is 8.73. The molecule has 0 spiro atoms. The van der Waals surface area contributed by atoms with Gasteiger partial charge in [0.1, 0.15) is 0 Å². The van der Waals surface area contributed by atoms with E-state index >= 15 is 0 Å². The Labute approximate surface area is 210 Å². The minimum absolute atomic E-state index is 0.0116. The number of nitrogens with one attached hydrogen (secondary N) is 2. The number of rotatable bonds is 7. The Morgan fingerprint density at radius 3 is 2.72 bits per heavy atom. The molecule has 0 saturated carbocycles. The number of anilines is 1. The zero-order chi connectivity index (χ0) is 24.9. The van der Waals surface area contributed by atoms with E-state index in [4.69, 9.17) is 4.42 Å². The zero-order valence-corrected chi connectivity index (χ0v) is 19.9. The van der Waals surface area contributed by atoms with Crippen molar-refractivity contribution >= 4 is 52.6 Å². The van der Waals surface area contributed by atoms with Crippen LogP contribution in [0.5, 0.6) is 0 Å². The van der Waals surface area contributed by atoms with Crippen LogP contribution >= 0.6 is 11.8 Å². The van der Waals surface area contributed by atoms with Crippen molar-refractivity contribution < 1.29 is 18.7 Å². The fraction of sp³-hybridized carbons (Fsp3) is 0.0370. The third-order valence-corrected chi connectivity index (χ3v) is 6.32. The number of aromatic amines is 1. The SMILES string of the molecule is COC(=O)c1ccc(NC(=O)c2ccccc2Sc2ccc3c(/C=C/c4ccccn4)n[nH]c3c2)o1. The number of benzene rings is 2. The van der Waals surface area contributed by atoms with Crippen LogP contribution in [0.15, 0.2) is 93.2 Å². The molecule has 0 bridgehead atoms. The number of aromatic nitrogens is 3. The quantitative estimate of drug-likeness (QED) is 0.270. The summed E-state index contributed by atoms with van der Waals surface area (Å²) in [5, 5.41) is 11.2. The summed E-state index contributed by atoms with van der Waals surface area (Å²) in [6.07, 6.45) is 5.59. The molecule has 3 aromatic heterocycles. The Kier molecular flexibility index (Phi) is 6.63. The summed E-state index contributed by atoms with van der Waals surface area (Å²) in [6.45, 7) is 0. The number of amides is 1. The smallest absolute Gasteiger partial charge is 0.374 e. The summed E-state index contributed by atoms with van der Waals surface area (Å²) < 4.78 is 9.98. The first-order chi connectivity index (χ1) is 17.6. The van der Waals surface area contributed by atoms with Crippen molar-refractivity contribution in [2.45, 2.75) is 9.79 Å². The lowest BCUT2D eigenvalue weighted by molar-refractivity contribution is 0.0565. The lowest BCUT2D eigenvalue weighted by Gasteiger charge is -2.09. The maximum absolute atomic E-state index is 12.9. The topological polar surface area (TPSA) is 110 Å². The van der Waals surface area contributed by atoms with E-state index in [0.29, 0.717) is 5.56 Å². The van der Waals surface area contributed by atoms with Crippen molar-refractivity contribution in [1.29, 1.82) is 0 Å². The summed E-state index contributed by atoms with van der Waals surface area (Å²) >= 11 is 1.46. The maximum Gasteiger partial charge on any atom is 0.374 e. The van der Waals surface area contributed by atoms with E-state index < -0.39 is 5.97 Å². The van der Waals surface area contributed by atoms with Gasteiger partial charge in [0, 0.05) is 27.4 Å². The van der Waals surface area contributed by atoms with Crippen molar-refractivity contribution in [3.05, 3.63) is 102 Å². The van der Waals surface area contributed by atoms with Crippen molar-refractivity contribution in [3.8, 4) is 0 Å². The molecule has 2 N–H and O–H groups in total. The minimum atomic E-state index is -0.615. The molecule has 36 heavy (non-hydrogen) atoms. The molecule has 3 heterocycles. The van der Waals surface area contributed by atoms with Gasteiger partial charge in [0.25, 0.3) is 5.91 Å². The molecule has 0 radical (unpaired) electrons. The number of hydrogen-bond donors (Lipinski definition) is 2. The van der Waals surface area contributed by atoms with E-state index in [1.807, 2.05) is 60.7 Å². The van der Waals surface area contributed by atoms with E-state index in [0.717, 1.165) is 32.1 Å². The summed E-state index contributed by atoms with van der Waals surface area (Å²) in [5.41, 5.74) is 3.03. The Morgan fingerprint density at radius 2 is 1.89 bits per heavy atom. The van der Waals surface area contributed by atoms with Crippen molar-refractivity contribution in [3.63, 3.8) is 0 Å². The van der Waals surface area contributed by atoms with Crippen LogP contribution in [0.3, 0.4) is 0 Å². The molecule has 5 rings (SSSR count). The number of nitrogens with zero attached hydrogens (tertiary/aromatic N) is 2. The Hall–Kier alpha value is -4.63. The van der Waals surface area contributed by atoms with E-state index in [-0.39, 0.29) is 17.6 Å². The summed E-state index contributed by atoms with van der Waals surface area (Å²) in [6, 6.07) is 21.9. The number of methoxy groups -OCH3 is 1. The van der Waals surface area contributed by atoms with Gasteiger partial charge in [0.15, 0.2) is 0 Å². The molecule has 178 valence electrons. The third kappa shape index (κ3) is 5.06. The highest BCUT2D eigenvalue weighted by Crippen LogP contribution is 2.33. The first-order valence-electron chi connectivity index (χ1n) is 10.9. The van der Waals surface area contributed by atoms with Gasteiger partial charge >= 0.3 is 5.97 Å². The molecule has 0 unspecified atom stereocenters. The van der Waals surface area contributed by atoms with Gasteiger partial charge in [-0.2, -0.15) is 5.10 Å². The Morgan fingerprint density at radius 1 is 1.03 bits per heavy atom. The zero-order valence-electron chi connectivity index (χ0n) is 19.1. The molecule has 0 fully saturated rings. The fourth-order valence-corrected chi connectivity index (χ4v) is 4.50. The van der Waals surface area contributed by atoms with Gasteiger partial charge in [0.2, 0.25) is 11.6 Å². The molecule has 0 aliphatic carbocycles. The second kappa shape index (κ2) is 10.3. The summed E-state index contributed by atoms with van der Waals surface area (Å²) in [4.78, 5) is 30.5. The fourth-order valence-electron chi connectivity index (χ4n) is 3.51. The molecule has 0 aliphatic heterocycles. The molecule has 9 heteroatoms. The number of carbonyl (C=O) groups excluding carboxylic acids is 2. The van der Waals surface area contributed by atoms with Crippen LogP contribution in [0.25, 0.3) is 23.1 Å². The molecule has 1 amide bonds. The number of fused-ring (bicyclic) bond motifs is 1. The average Bonchev–Trinajstić information content (AvgIpc) is 3.54. The monoisotopic (exact) mass is 496 g/mol. The molecule has 2 aromatic carbocycles. The highest BCUT2D eigenvalue weighted by molar-refractivity contribution is 7.99. The number of ether oxygens (including phenoxy) is 1. The number of pyridine rings is 1. The first-order valence-corrected chi connectivity index (χ1v) is 11.8. The van der Waals surface area contributed by atoms with Crippen LogP contribution < -0.4 is 5.32 Å². The van der Waals surface area contributed by atoms with Crippen molar-refractivity contribution in [2.75, 3.05) is 12.4 Å². The van der Waals surface area contributed by atoms with Crippen molar-refractivity contribution in [1.82, 2.24) is 15.2 Å². The van der Waals surface area contributed by atoms with Gasteiger partial charge in [-0.15, -0.1) is 0 Å². The van der Waals surface area contributed by atoms with Crippen LogP contribution in [-0.4, -0.2) is 34.2 Å². The van der Waals surface area contributed by atoms with Gasteiger partial charge in [-0.25, -0.2) is 4.79 Å². The summed E-state index contributed by atoms with van der Waals surface area (Å²) in [5.74, 6) is -0.799. The van der Waals surface area contributed by atoms with Crippen LogP contribution in [-0.2, 0) is 4.74 Å². The second-order valence-electron chi connectivity index (χ2n) is 7.61. The molecule has 0 saturated heterocycles. The number of furan rings is 1. The largest absolute Gasteiger partial charge is 0.463 e. The maximum atomic E-state index is 12.9.